The molecule has 0 fully saturated rings. The predicted octanol–water partition coefficient (Wildman–Crippen LogP) is 2.20. The number of hydrogen-bond donors (Lipinski definition) is 1. The number of nitrogens with zero attached hydrogens (tertiary/aromatic N) is 9. The van der Waals surface area contributed by atoms with Crippen LogP contribution in [0.15, 0.2) is 0 Å². The van der Waals surface area contributed by atoms with E-state index >= 15 is 0 Å². The third-order valence-electron chi connectivity index (χ3n) is 10.3. The normalized spacial score (nSPS) is 14.3. The van der Waals surface area contributed by atoms with Gasteiger partial charge >= 0.3 is 35.2 Å². The first-order valence-corrected chi connectivity index (χ1v) is 25.4. The Morgan fingerprint density at radius 3 is 0.660 bits per heavy atom. The van der Waals surface area contributed by atoms with Crippen molar-refractivity contribution in [1.82, 2.24) is 41.1 Å². The van der Waals surface area contributed by atoms with Gasteiger partial charge in [-0.3, -0.25) is 41.1 Å². The Hall–Kier alpha value is 0.348. The Labute approximate surface area is 297 Å². The Morgan fingerprint density at radius 1 is 0.362 bits per heavy atom. The van der Waals surface area contributed by atoms with Gasteiger partial charge in [0.1, 0.15) is 0 Å². The lowest BCUT2D eigenvalue weighted by molar-refractivity contribution is 0.0949. The van der Waals surface area contributed by atoms with E-state index in [0.29, 0.717) is 12.6 Å². The van der Waals surface area contributed by atoms with Crippen LogP contribution in [0, 0.1) is 0 Å². The average Bonchev–Trinajstić information content (AvgIpc) is 3.10. The smallest absolute Gasteiger partial charge is 0.379 e. The van der Waals surface area contributed by atoms with Crippen LogP contribution >= 0.6 is 0 Å². The minimum atomic E-state index is -3.70. The van der Waals surface area contributed by atoms with Gasteiger partial charge < -0.3 is 18.1 Å². The van der Waals surface area contributed by atoms with Gasteiger partial charge in [-0.15, -0.1) is 0 Å². The van der Waals surface area contributed by atoms with Crippen molar-refractivity contribution < 1.29 is 12.3 Å². The summed E-state index contributed by atoms with van der Waals surface area (Å²) >= 11 is 0. The summed E-state index contributed by atoms with van der Waals surface area (Å²) in [6.07, 6.45) is 0.746. The Balaban J connectivity index is 8.67. The van der Waals surface area contributed by atoms with Crippen molar-refractivity contribution in [3.05, 3.63) is 0 Å². The first-order chi connectivity index (χ1) is 22.0. The highest BCUT2D eigenvalue weighted by atomic mass is 28.5. The SMILES string of the molecule is CCN(C)[Si](O[Si](CCCN)(O[Si](N(C)CC)(N(C)CC)N(C)CC)O[Si](N(C)CC)(N(C)CC)N(C)CC)(N(C)CC)N(C)CC. The van der Waals surface area contributed by atoms with E-state index in [2.05, 4.69) is 167 Å². The fourth-order valence-electron chi connectivity index (χ4n) is 6.34. The van der Waals surface area contributed by atoms with Crippen LogP contribution in [0.25, 0.3) is 0 Å². The predicted molar refractivity (Wildman–Crippen MR) is 209 cm³/mol. The van der Waals surface area contributed by atoms with Crippen LogP contribution in [0.5, 0.6) is 0 Å². The summed E-state index contributed by atoms with van der Waals surface area (Å²) < 4.78 is 46.4. The second-order valence-electron chi connectivity index (χ2n) is 12.7. The monoisotopic (exact) mass is 741 g/mol. The van der Waals surface area contributed by atoms with Crippen molar-refractivity contribution in [2.45, 2.75) is 74.8 Å². The molecule has 13 nitrogen and oxygen atoms in total. The maximum atomic E-state index is 8.13. The first-order valence-electron chi connectivity index (χ1n) is 18.2. The molecule has 47 heavy (non-hydrogen) atoms. The third kappa shape index (κ3) is 10.0. The number of hydrogen-bond acceptors (Lipinski definition) is 13. The van der Waals surface area contributed by atoms with Gasteiger partial charge in [-0.05, 0) is 135 Å². The molecule has 0 aliphatic rings. The van der Waals surface area contributed by atoms with Crippen molar-refractivity contribution in [3.8, 4) is 0 Å². The molecule has 2 N–H and O–H groups in total. The summed E-state index contributed by atoms with van der Waals surface area (Å²) in [6, 6.07) is 0.633. The lowest BCUT2D eigenvalue weighted by Gasteiger charge is -2.58. The highest BCUT2D eigenvalue weighted by Crippen LogP contribution is 2.36. The van der Waals surface area contributed by atoms with Gasteiger partial charge in [0.05, 0.1) is 0 Å². The Morgan fingerprint density at radius 2 is 0.532 bits per heavy atom. The molecule has 0 spiro atoms. The zero-order valence-corrected chi connectivity index (χ0v) is 38.3. The quantitative estimate of drug-likeness (QED) is 0.125. The fraction of sp³-hybridized carbons (Fsp3) is 1.00. The summed E-state index contributed by atoms with van der Waals surface area (Å²) in [7, 11) is 7.05. The van der Waals surface area contributed by atoms with E-state index in [0.717, 1.165) is 65.3 Å². The largest absolute Gasteiger partial charge is 0.477 e. The Bertz CT molecular complexity index is 680. The molecule has 284 valence electrons. The molecular formula is C30H80N10O3Si4. The summed E-state index contributed by atoms with van der Waals surface area (Å²) in [5.41, 5.74) is 6.40. The molecule has 17 heteroatoms. The minimum Gasteiger partial charge on any atom is -0.379 e. The molecular weight excluding hydrogens is 661 g/mol. The number of nitrogens with two attached hydrogens (primary N) is 1. The van der Waals surface area contributed by atoms with Gasteiger partial charge in [-0.1, -0.05) is 62.3 Å². The van der Waals surface area contributed by atoms with Crippen molar-refractivity contribution in [2.24, 2.45) is 5.73 Å². The van der Waals surface area contributed by atoms with Crippen LogP contribution < -0.4 is 5.73 Å². The van der Waals surface area contributed by atoms with E-state index in [1.54, 1.807) is 0 Å². The topological polar surface area (TPSA) is 82.9 Å². The minimum absolute atomic E-state index is 0.535. The van der Waals surface area contributed by atoms with Crippen LogP contribution in [-0.4, -0.2) is 205 Å². The molecule has 0 amide bonds. The molecule has 0 aliphatic heterocycles. The van der Waals surface area contributed by atoms with Gasteiger partial charge in [0, 0.05) is 6.04 Å². The zero-order chi connectivity index (χ0) is 36.8. The van der Waals surface area contributed by atoms with Crippen molar-refractivity contribution >= 4 is 35.2 Å². The number of rotatable bonds is 27. The van der Waals surface area contributed by atoms with E-state index in [1.807, 2.05) is 0 Å². The van der Waals surface area contributed by atoms with E-state index in [1.165, 1.54) is 0 Å². The van der Waals surface area contributed by atoms with Crippen molar-refractivity contribution in [3.63, 3.8) is 0 Å². The van der Waals surface area contributed by atoms with E-state index < -0.39 is 35.2 Å². The van der Waals surface area contributed by atoms with Gasteiger partial charge in [-0.2, -0.15) is 0 Å². The molecule has 0 saturated heterocycles. The lowest BCUT2D eigenvalue weighted by Crippen LogP contribution is -2.85. The van der Waals surface area contributed by atoms with E-state index in [4.69, 9.17) is 18.1 Å². The van der Waals surface area contributed by atoms with Crippen LogP contribution in [-0.2, 0) is 12.3 Å². The Kier molecular flexibility index (Phi) is 21.8. The van der Waals surface area contributed by atoms with Crippen molar-refractivity contribution in [1.29, 1.82) is 0 Å². The third-order valence-corrected chi connectivity index (χ3v) is 30.1. The molecule has 0 bridgehead atoms. The summed E-state index contributed by atoms with van der Waals surface area (Å²) in [5.74, 6) is 0. The molecule has 0 heterocycles. The van der Waals surface area contributed by atoms with Crippen LogP contribution in [0.1, 0.15) is 68.7 Å². The summed E-state index contributed by atoms with van der Waals surface area (Å²) in [6.45, 7) is 28.1. The van der Waals surface area contributed by atoms with E-state index in [9.17, 15) is 0 Å². The van der Waals surface area contributed by atoms with Gasteiger partial charge in [0.15, 0.2) is 0 Å². The lowest BCUT2D eigenvalue weighted by atomic mass is 10.5. The van der Waals surface area contributed by atoms with Gasteiger partial charge in [-0.25, -0.2) is 0 Å². The highest BCUT2D eigenvalue weighted by molar-refractivity contribution is 6.87. The van der Waals surface area contributed by atoms with E-state index in [-0.39, 0.29) is 0 Å². The molecule has 0 aromatic rings. The van der Waals surface area contributed by atoms with Crippen molar-refractivity contribution in [2.75, 3.05) is 129 Å². The maximum absolute atomic E-state index is 8.13. The zero-order valence-electron chi connectivity index (χ0n) is 34.3. The van der Waals surface area contributed by atoms with Gasteiger partial charge in [0.2, 0.25) is 0 Å². The van der Waals surface area contributed by atoms with Crippen LogP contribution in [0.3, 0.4) is 0 Å². The molecule has 0 saturated carbocycles. The highest BCUT2D eigenvalue weighted by Gasteiger charge is 2.67. The van der Waals surface area contributed by atoms with Gasteiger partial charge in [0.25, 0.3) is 0 Å². The first kappa shape index (κ1) is 47.3. The average molecular weight is 741 g/mol. The molecule has 0 atom stereocenters. The second kappa shape index (κ2) is 21.7. The summed E-state index contributed by atoms with van der Waals surface area (Å²) in [5, 5.41) is 0. The second-order valence-corrected chi connectivity index (χ2v) is 27.4. The summed E-state index contributed by atoms with van der Waals surface area (Å²) in [4.78, 5) is 0. The molecule has 0 unspecified atom stereocenters. The fourth-order valence-corrected chi connectivity index (χ4v) is 29.4. The standard InChI is InChI=1S/C30H80N10O3Si4/c1-19-32(10)45(33(11)20-2,34(12)21-3)41-44(30-28-29-31,42-46(35(13)22-4,36(14)23-5)37(15)24-6)43-47(38(16)25-7,39(17)26-8)40(18)27-9/h19-31H2,1-18H3. The maximum Gasteiger partial charge on any atom is 0.477 e. The molecule has 0 aromatic carbocycles. The molecule has 0 aliphatic carbocycles. The molecule has 0 aromatic heterocycles. The molecule has 0 rings (SSSR count). The van der Waals surface area contributed by atoms with Crippen LogP contribution in [0.4, 0.5) is 0 Å². The molecule has 0 radical (unpaired) electrons. The van der Waals surface area contributed by atoms with Crippen LogP contribution in [0.2, 0.25) is 6.04 Å².